The largest absolute Gasteiger partial charge is 0.452 e. The van der Waals surface area contributed by atoms with Gasteiger partial charge >= 0.3 is 5.97 Å². The number of nitrogens with one attached hydrogen (secondary N) is 1. The van der Waals surface area contributed by atoms with Crippen LogP contribution in [0.4, 0.5) is 5.82 Å². The van der Waals surface area contributed by atoms with Crippen LogP contribution in [0.15, 0.2) is 64.0 Å². The van der Waals surface area contributed by atoms with Gasteiger partial charge in [-0.1, -0.05) is 35.5 Å². The van der Waals surface area contributed by atoms with Gasteiger partial charge in [0.25, 0.3) is 5.91 Å². The third-order valence-corrected chi connectivity index (χ3v) is 6.87. The zero-order valence-electron chi connectivity index (χ0n) is 17.3. The van der Waals surface area contributed by atoms with E-state index in [1.54, 1.807) is 6.92 Å². The van der Waals surface area contributed by atoms with Gasteiger partial charge in [0, 0.05) is 19.2 Å². The Labute approximate surface area is 185 Å². The molecule has 9 nitrogen and oxygen atoms in total. The number of esters is 1. The molecule has 0 radical (unpaired) electrons. The lowest BCUT2D eigenvalue weighted by Gasteiger charge is -2.28. The van der Waals surface area contributed by atoms with E-state index >= 15 is 0 Å². The van der Waals surface area contributed by atoms with Crippen molar-refractivity contribution < 1.29 is 27.3 Å². The van der Waals surface area contributed by atoms with Gasteiger partial charge in [-0.25, -0.2) is 13.2 Å². The van der Waals surface area contributed by atoms with Crippen LogP contribution in [0.1, 0.15) is 27.2 Å². The van der Waals surface area contributed by atoms with E-state index in [0.29, 0.717) is 18.7 Å². The van der Waals surface area contributed by atoms with Crippen LogP contribution in [-0.2, 0) is 32.5 Å². The van der Waals surface area contributed by atoms with Crippen molar-refractivity contribution in [2.45, 2.75) is 24.8 Å². The van der Waals surface area contributed by atoms with E-state index in [2.05, 4.69) is 10.5 Å². The van der Waals surface area contributed by atoms with E-state index in [1.807, 2.05) is 24.3 Å². The summed E-state index contributed by atoms with van der Waals surface area (Å²) in [6.07, 6.45) is 0.622. The molecule has 10 heteroatoms. The minimum Gasteiger partial charge on any atom is -0.452 e. The van der Waals surface area contributed by atoms with Crippen molar-refractivity contribution in [3.05, 3.63) is 77.0 Å². The topological polar surface area (TPSA) is 119 Å². The predicted octanol–water partition coefficient (Wildman–Crippen LogP) is 2.53. The van der Waals surface area contributed by atoms with Gasteiger partial charge in [-0.2, -0.15) is 4.31 Å². The molecule has 0 saturated heterocycles. The van der Waals surface area contributed by atoms with E-state index in [9.17, 15) is 18.0 Å². The van der Waals surface area contributed by atoms with Gasteiger partial charge in [0.15, 0.2) is 12.4 Å². The number of carbonyl (C=O) groups excluding carboxylic acids is 2. The molecule has 1 aliphatic rings. The molecular formula is C22H21N3O6S. The zero-order chi connectivity index (χ0) is 22.7. The van der Waals surface area contributed by atoms with Crippen molar-refractivity contribution in [1.29, 1.82) is 0 Å². The van der Waals surface area contributed by atoms with Gasteiger partial charge in [-0.15, -0.1) is 0 Å². The quantitative estimate of drug-likeness (QED) is 0.567. The second-order valence-electron chi connectivity index (χ2n) is 7.33. The molecule has 3 aromatic rings. The molecule has 4 rings (SSSR count). The van der Waals surface area contributed by atoms with E-state index in [0.717, 1.165) is 11.1 Å². The number of anilines is 1. The van der Waals surface area contributed by atoms with Crippen molar-refractivity contribution in [3.63, 3.8) is 0 Å². The third-order valence-electron chi connectivity index (χ3n) is 5.03. The van der Waals surface area contributed by atoms with Crippen molar-refractivity contribution in [3.8, 4) is 0 Å². The number of fused-ring (bicyclic) bond motifs is 1. The molecule has 0 fully saturated rings. The van der Waals surface area contributed by atoms with Gasteiger partial charge < -0.3 is 14.6 Å². The second kappa shape index (κ2) is 8.93. The first-order valence-corrected chi connectivity index (χ1v) is 11.3. The van der Waals surface area contributed by atoms with E-state index < -0.39 is 28.5 Å². The highest BCUT2D eigenvalue weighted by atomic mass is 32.2. The maximum Gasteiger partial charge on any atom is 0.338 e. The van der Waals surface area contributed by atoms with Crippen LogP contribution < -0.4 is 5.32 Å². The van der Waals surface area contributed by atoms with Crippen LogP contribution in [0, 0.1) is 6.92 Å². The molecule has 0 spiro atoms. The normalized spacial score (nSPS) is 13.9. The molecule has 2 aromatic carbocycles. The van der Waals surface area contributed by atoms with Gasteiger partial charge in [0.2, 0.25) is 10.0 Å². The molecule has 1 N–H and O–H groups in total. The molecule has 0 saturated carbocycles. The Balaban J connectivity index is 1.42. The maximum atomic E-state index is 13.1. The van der Waals surface area contributed by atoms with Crippen LogP contribution in [0.2, 0.25) is 0 Å². The highest BCUT2D eigenvalue weighted by molar-refractivity contribution is 7.89. The molecule has 2 heterocycles. The molecule has 166 valence electrons. The lowest BCUT2D eigenvalue weighted by atomic mass is 10.0. The first-order valence-electron chi connectivity index (χ1n) is 9.90. The SMILES string of the molecule is Cc1cc(NC(=O)COC(=O)c2cccc(S(=O)(=O)N3CCc4ccccc4C3)c2)no1. The number of hydrogen-bond acceptors (Lipinski definition) is 7. The number of hydrogen-bond donors (Lipinski definition) is 1. The Kier molecular flexibility index (Phi) is 6.06. The Morgan fingerprint density at radius 2 is 1.91 bits per heavy atom. The van der Waals surface area contributed by atoms with E-state index in [-0.39, 0.29) is 22.8 Å². The number of benzene rings is 2. The van der Waals surface area contributed by atoms with Crippen LogP contribution >= 0.6 is 0 Å². The van der Waals surface area contributed by atoms with Crippen LogP contribution in [0.5, 0.6) is 0 Å². The summed E-state index contributed by atoms with van der Waals surface area (Å²) in [6.45, 7) is 1.75. The number of aryl methyl sites for hydroxylation is 1. The minimum atomic E-state index is -3.80. The maximum absolute atomic E-state index is 13.1. The minimum absolute atomic E-state index is 0.00569. The first kappa shape index (κ1) is 21.7. The third kappa shape index (κ3) is 4.71. The monoisotopic (exact) mass is 455 g/mol. The molecular weight excluding hydrogens is 434 g/mol. The predicted molar refractivity (Wildman–Crippen MR) is 114 cm³/mol. The Hall–Kier alpha value is -3.50. The van der Waals surface area contributed by atoms with Crippen molar-refractivity contribution in [1.82, 2.24) is 9.46 Å². The number of ether oxygens (including phenoxy) is 1. The van der Waals surface area contributed by atoms with Gasteiger partial charge in [0.1, 0.15) is 5.76 Å². The standard InChI is InChI=1S/C22H21N3O6S/c1-15-11-20(24-31-15)23-21(26)14-30-22(27)17-7-4-8-19(12-17)32(28,29)25-10-9-16-5-2-3-6-18(16)13-25/h2-8,11-12H,9-10,13-14H2,1H3,(H,23,24,26). The van der Waals surface area contributed by atoms with Gasteiger partial charge in [-0.05, 0) is 42.7 Å². The van der Waals surface area contributed by atoms with Gasteiger partial charge in [0.05, 0.1) is 10.5 Å². The summed E-state index contributed by atoms with van der Waals surface area (Å²) in [5.74, 6) is -0.674. The fourth-order valence-corrected chi connectivity index (χ4v) is 4.89. The Bertz CT molecular complexity index is 1270. The van der Waals surface area contributed by atoms with Crippen molar-refractivity contribution in [2.24, 2.45) is 0 Å². The zero-order valence-corrected chi connectivity index (χ0v) is 18.1. The summed E-state index contributed by atoms with van der Waals surface area (Å²) >= 11 is 0. The molecule has 0 aliphatic carbocycles. The number of rotatable bonds is 6. The highest BCUT2D eigenvalue weighted by Crippen LogP contribution is 2.25. The number of carbonyl (C=O) groups is 2. The average molecular weight is 455 g/mol. The lowest BCUT2D eigenvalue weighted by molar-refractivity contribution is -0.119. The Morgan fingerprint density at radius 1 is 1.12 bits per heavy atom. The number of amides is 1. The molecule has 0 unspecified atom stereocenters. The fraction of sp³-hybridized carbons (Fsp3) is 0.227. The molecule has 0 atom stereocenters. The lowest BCUT2D eigenvalue weighted by Crippen LogP contribution is -2.36. The molecule has 0 bridgehead atoms. The van der Waals surface area contributed by atoms with Crippen LogP contribution in [0.3, 0.4) is 0 Å². The smallest absolute Gasteiger partial charge is 0.338 e. The van der Waals surface area contributed by atoms with Gasteiger partial charge in [-0.3, -0.25) is 4.79 Å². The summed E-state index contributed by atoms with van der Waals surface area (Å²) in [5, 5.41) is 6.05. The number of nitrogens with zero attached hydrogens (tertiary/aromatic N) is 2. The highest BCUT2D eigenvalue weighted by Gasteiger charge is 2.28. The van der Waals surface area contributed by atoms with E-state index in [1.165, 1.54) is 34.6 Å². The summed E-state index contributed by atoms with van der Waals surface area (Å²) < 4.78 is 37.5. The Morgan fingerprint density at radius 3 is 2.66 bits per heavy atom. The van der Waals surface area contributed by atoms with Crippen LogP contribution in [0.25, 0.3) is 0 Å². The molecule has 1 aromatic heterocycles. The summed E-state index contributed by atoms with van der Waals surface area (Å²) in [7, 11) is -3.80. The molecule has 1 aliphatic heterocycles. The van der Waals surface area contributed by atoms with Crippen molar-refractivity contribution >= 4 is 27.7 Å². The number of sulfonamides is 1. The summed E-state index contributed by atoms with van der Waals surface area (Å²) in [4.78, 5) is 24.3. The number of aromatic nitrogens is 1. The van der Waals surface area contributed by atoms with Crippen LogP contribution in [-0.4, -0.2) is 42.9 Å². The van der Waals surface area contributed by atoms with E-state index in [4.69, 9.17) is 9.26 Å². The molecule has 1 amide bonds. The summed E-state index contributed by atoms with van der Waals surface area (Å²) in [5.41, 5.74) is 2.13. The first-order chi connectivity index (χ1) is 15.3. The fourth-order valence-electron chi connectivity index (χ4n) is 3.43. The second-order valence-corrected chi connectivity index (χ2v) is 9.27. The molecule has 32 heavy (non-hydrogen) atoms. The van der Waals surface area contributed by atoms with Crippen molar-refractivity contribution in [2.75, 3.05) is 18.5 Å². The average Bonchev–Trinajstić information content (AvgIpc) is 3.21. The summed E-state index contributed by atoms with van der Waals surface area (Å²) in [6, 6.07) is 14.9.